The highest BCUT2D eigenvalue weighted by atomic mass is 16.5. The summed E-state index contributed by atoms with van der Waals surface area (Å²) in [6.07, 6.45) is 3.68. The van der Waals surface area contributed by atoms with Gasteiger partial charge < -0.3 is 15.6 Å². The summed E-state index contributed by atoms with van der Waals surface area (Å²) in [6.45, 7) is 3.80. The molecule has 0 fully saturated rings. The van der Waals surface area contributed by atoms with Crippen molar-refractivity contribution in [2.75, 3.05) is 11.1 Å². The number of nitrogens with two attached hydrogens (primary N) is 1. The van der Waals surface area contributed by atoms with Crippen LogP contribution in [0.15, 0.2) is 59.1 Å². The number of para-hydroxylation sites is 1. The van der Waals surface area contributed by atoms with E-state index in [1.165, 1.54) is 5.56 Å². The minimum absolute atomic E-state index is 0.173. The summed E-state index contributed by atoms with van der Waals surface area (Å²) >= 11 is 0. The van der Waals surface area contributed by atoms with Crippen LogP contribution in [-0.2, 0) is 0 Å². The van der Waals surface area contributed by atoms with Gasteiger partial charge in [-0.15, -0.1) is 0 Å². The van der Waals surface area contributed by atoms with Crippen molar-refractivity contribution >= 4 is 40.5 Å². The summed E-state index contributed by atoms with van der Waals surface area (Å²) in [5.74, 6) is 0.271. The van der Waals surface area contributed by atoms with Gasteiger partial charge in [-0.3, -0.25) is 4.79 Å². The van der Waals surface area contributed by atoms with Gasteiger partial charge in [-0.05, 0) is 37.6 Å². The molecule has 0 unspecified atom stereocenters. The number of hydrogen-bond acceptors (Lipinski definition) is 5. The van der Waals surface area contributed by atoms with E-state index in [4.69, 9.17) is 10.3 Å². The van der Waals surface area contributed by atoms with E-state index in [1.807, 2.05) is 61.5 Å². The molecule has 0 radical (unpaired) electrons. The van der Waals surface area contributed by atoms with Crippen LogP contribution in [-0.4, -0.2) is 16.0 Å². The Balaban J connectivity index is 1.61. The third-order valence-corrected chi connectivity index (χ3v) is 4.63. The van der Waals surface area contributed by atoms with Crippen molar-refractivity contribution in [3.63, 3.8) is 0 Å². The van der Waals surface area contributed by atoms with Gasteiger partial charge in [-0.1, -0.05) is 59.3 Å². The number of aryl methyl sites for hydroxylation is 2. The zero-order valence-corrected chi connectivity index (χ0v) is 16.1. The maximum Gasteiger partial charge on any atom is 0.259 e. The lowest BCUT2D eigenvalue weighted by molar-refractivity contribution is 0.102. The van der Waals surface area contributed by atoms with Gasteiger partial charge in [-0.2, -0.15) is 0 Å². The lowest BCUT2D eigenvalue weighted by Crippen LogP contribution is -2.15. The van der Waals surface area contributed by atoms with Gasteiger partial charge >= 0.3 is 0 Å². The Kier molecular flexibility index (Phi) is 4.83. The van der Waals surface area contributed by atoms with Gasteiger partial charge in [0.1, 0.15) is 17.2 Å². The van der Waals surface area contributed by atoms with Gasteiger partial charge in [0.15, 0.2) is 5.76 Å². The molecule has 2 aromatic carbocycles. The Labute approximate surface area is 168 Å². The molecular weight excluding hydrogens is 364 g/mol. The number of carbonyl (C=O) groups is 1. The molecule has 29 heavy (non-hydrogen) atoms. The second-order valence-electron chi connectivity index (χ2n) is 6.82. The number of nitrogens with one attached hydrogen (secondary N) is 1. The van der Waals surface area contributed by atoms with E-state index in [9.17, 15) is 4.79 Å². The molecule has 4 rings (SSSR count). The largest absolute Gasteiger partial charge is 0.383 e. The van der Waals surface area contributed by atoms with E-state index in [0.29, 0.717) is 22.7 Å². The van der Waals surface area contributed by atoms with Gasteiger partial charge in [-0.25, -0.2) is 4.98 Å². The number of nitrogens with zero attached hydrogens (tertiary/aromatic N) is 2. The van der Waals surface area contributed by atoms with E-state index in [0.717, 1.165) is 16.5 Å². The second-order valence-corrected chi connectivity index (χ2v) is 6.82. The molecule has 2 aromatic heterocycles. The SMILES string of the molecule is Cc1ccc(/C=C/c2onc(C)c2NC(=O)c2cc3ccccc3nc2N)cc1. The van der Waals surface area contributed by atoms with E-state index in [-0.39, 0.29) is 11.7 Å². The first-order chi connectivity index (χ1) is 14.0. The molecule has 4 aromatic rings. The number of fused-ring (bicyclic) bond motifs is 1. The normalized spacial score (nSPS) is 11.2. The van der Waals surface area contributed by atoms with Crippen LogP contribution in [0.1, 0.15) is 32.9 Å². The quantitative estimate of drug-likeness (QED) is 0.525. The topological polar surface area (TPSA) is 94.0 Å². The minimum Gasteiger partial charge on any atom is -0.383 e. The van der Waals surface area contributed by atoms with E-state index in [1.54, 1.807) is 19.1 Å². The first-order valence-corrected chi connectivity index (χ1v) is 9.19. The highest BCUT2D eigenvalue weighted by molar-refractivity contribution is 6.10. The van der Waals surface area contributed by atoms with Crippen molar-refractivity contribution in [2.24, 2.45) is 0 Å². The van der Waals surface area contributed by atoms with Crippen molar-refractivity contribution in [3.8, 4) is 0 Å². The zero-order valence-electron chi connectivity index (χ0n) is 16.1. The fourth-order valence-corrected chi connectivity index (χ4v) is 3.00. The van der Waals surface area contributed by atoms with Crippen LogP contribution < -0.4 is 11.1 Å². The molecule has 0 aliphatic heterocycles. The van der Waals surface area contributed by atoms with E-state index in [2.05, 4.69) is 15.5 Å². The summed E-state index contributed by atoms with van der Waals surface area (Å²) < 4.78 is 5.38. The number of rotatable bonds is 4. The molecule has 0 saturated heterocycles. The third-order valence-electron chi connectivity index (χ3n) is 4.63. The summed E-state index contributed by atoms with van der Waals surface area (Å²) in [4.78, 5) is 17.2. The maximum absolute atomic E-state index is 12.9. The maximum atomic E-state index is 12.9. The zero-order chi connectivity index (χ0) is 20.4. The third kappa shape index (κ3) is 3.87. The lowest BCUT2D eigenvalue weighted by atomic mass is 10.1. The molecule has 0 spiro atoms. The molecule has 1 amide bonds. The van der Waals surface area contributed by atoms with Crippen molar-refractivity contribution in [1.29, 1.82) is 0 Å². The molecule has 0 saturated carbocycles. The van der Waals surface area contributed by atoms with Crippen LogP contribution in [0, 0.1) is 13.8 Å². The van der Waals surface area contributed by atoms with Gasteiger partial charge in [0, 0.05) is 5.39 Å². The number of amides is 1. The van der Waals surface area contributed by atoms with Gasteiger partial charge in [0.2, 0.25) is 0 Å². The molecule has 0 aliphatic rings. The minimum atomic E-state index is -0.364. The van der Waals surface area contributed by atoms with Gasteiger partial charge in [0.05, 0.1) is 11.1 Å². The Bertz CT molecular complexity index is 1220. The van der Waals surface area contributed by atoms with Crippen molar-refractivity contribution in [3.05, 3.63) is 82.7 Å². The molecule has 2 heterocycles. The average Bonchev–Trinajstić information content (AvgIpc) is 3.06. The van der Waals surface area contributed by atoms with Gasteiger partial charge in [0.25, 0.3) is 5.91 Å². The fourth-order valence-electron chi connectivity index (χ4n) is 3.00. The summed E-state index contributed by atoms with van der Waals surface area (Å²) in [5, 5.41) is 7.67. The Morgan fingerprint density at radius 1 is 1.07 bits per heavy atom. The molecule has 0 bridgehead atoms. The van der Waals surface area contributed by atoms with Crippen LogP contribution >= 0.6 is 0 Å². The molecular formula is C23H20N4O2. The molecule has 6 heteroatoms. The average molecular weight is 384 g/mol. The number of benzene rings is 2. The van der Waals surface area contributed by atoms with Crippen LogP contribution in [0.4, 0.5) is 11.5 Å². The molecule has 0 aliphatic carbocycles. The Hall–Kier alpha value is -3.93. The number of carbonyl (C=O) groups excluding carboxylic acids is 1. The highest BCUT2D eigenvalue weighted by Gasteiger charge is 2.18. The van der Waals surface area contributed by atoms with Crippen molar-refractivity contribution in [1.82, 2.24) is 10.1 Å². The van der Waals surface area contributed by atoms with E-state index >= 15 is 0 Å². The molecule has 144 valence electrons. The Morgan fingerprint density at radius 2 is 1.83 bits per heavy atom. The number of hydrogen-bond donors (Lipinski definition) is 2. The standard InChI is InChI=1S/C23H20N4O2/c1-14-7-9-16(10-8-14)11-12-20-21(15(2)27-29-20)26-23(28)18-13-17-5-3-4-6-19(17)25-22(18)24/h3-13H,1-2H3,(H2,24,25)(H,26,28)/b12-11+. The van der Waals surface area contributed by atoms with Crippen molar-refractivity contribution in [2.45, 2.75) is 13.8 Å². The number of anilines is 2. The number of aromatic nitrogens is 2. The van der Waals surface area contributed by atoms with Crippen LogP contribution in [0.3, 0.4) is 0 Å². The van der Waals surface area contributed by atoms with Crippen LogP contribution in [0.2, 0.25) is 0 Å². The first kappa shape index (κ1) is 18.4. The Morgan fingerprint density at radius 3 is 2.62 bits per heavy atom. The lowest BCUT2D eigenvalue weighted by Gasteiger charge is -2.08. The predicted octanol–water partition coefficient (Wildman–Crippen LogP) is 4.84. The fraction of sp³-hybridized carbons (Fsp3) is 0.0870. The first-order valence-electron chi connectivity index (χ1n) is 9.19. The molecule has 0 atom stereocenters. The van der Waals surface area contributed by atoms with Crippen molar-refractivity contribution < 1.29 is 9.32 Å². The van der Waals surface area contributed by atoms with E-state index < -0.39 is 0 Å². The second kappa shape index (κ2) is 7.59. The summed E-state index contributed by atoms with van der Waals surface area (Å²) in [5.41, 5.74) is 10.3. The summed E-state index contributed by atoms with van der Waals surface area (Å²) in [7, 11) is 0. The summed E-state index contributed by atoms with van der Waals surface area (Å²) in [6, 6.07) is 17.3. The van der Waals surface area contributed by atoms with Crippen LogP contribution in [0.25, 0.3) is 23.1 Å². The number of pyridine rings is 1. The monoisotopic (exact) mass is 384 g/mol. The molecule has 3 N–H and O–H groups in total. The number of nitrogen functional groups attached to an aromatic ring is 1. The smallest absolute Gasteiger partial charge is 0.259 e. The van der Waals surface area contributed by atoms with Crippen LogP contribution in [0.5, 0.6) is 0 Å². The highest BCUT2D eigenvalue weighted by Crippen LogP contribution is 2.25. The molecule has 6 nitrogen and oxygen atoms in total. The predicted molar refractivity (Wildman–Crippen MR) is 115 cm³/mol.